The van der Waals surface area contributed by atoms with Crippen LogP contribution in [-0.2, 0) is 9.53 Å². The smallest absolute Gasteiger partial charge is 0.408 e. The Labute approximate surface area is 106 Å². The lowest BCUT2D eigenvalue weighted by Gasteiger charge is -2.26. The van der Waals surface area contributed by atoms with Crippen molar-refractivity contribution >= 4 is 12.1 Å². The van der Waals surface area contributed by atoms with Crippen LogP contribution in [-0.4, -0.2) is 28.3 Å². The van der Waals surface area contributed by atoms with E-state index in [1.165, 1.54) is 19.1 Å². The highest BCUT2D eigenvalue weighted by atomic mass is 16.6. The molecule has 0 radical (unpaired) electrons. The Hall–Kier alpha value is -2.03. The maximum Gasteiger partial charge on any atom is 0.408 e. The Bertz CT molecular complexity index is 390. The Morgan fingerprint density at radius 3 is 2.33 bits per heavy atom. The minimum atomic E-state index is -1.60. The number of ether oxygens (including phenoxy) is 1. The quantitative estimate of drug-likeness (QED) is 0.745. The van der Waals surface area contributed by atoms with Crippen LogP contribution in [0.15, 0.2) is 12.2 Å². The third-order valence-electron chi connectivity index (χ3n) is 1.87. The van der Waals surface area contributed by atoms with Crippen molar-refractivity contribution in [2.45, 2.75) is 45.3 Å². The number of nitriles is 1. The van der Waals surface area contributed by atoms with Crippen LogP contribution >= 0.6 is 0 Å². The maximum absolute atomic E-state index is 11.5. The average molecular weight is 254 g/mol. The first kappa shape index (κ1) is 16.0. The molecule has 0 aromatic rings. The molecule has 0 aromatic heterocycles. The van der Waals surface area contributed by atoms with Gasteiger partial charge in [-0.15, -0.1) is 0 Å². The first-order valence-electron chi connectivity index (χ1n) is 5.40. The number of hydrogen-bond donors (Lipinski definition) is 2. The molecule has 0 aliphatic carbocycles. The van der Waals surface area contributed by atoms with E-state index in [0.29, 0.717) is 0 Å². The number of alkyl carbamates (subject to hydrolysis) is 1. The summed E-state index contributed by atoms with van der Waals surface area (Å²) in [5.74, 6) is -1.23. The summed E-state index contributed by atoms with van der Waals surface area (Å²) < 4.78 is 4.98. The van der Waals surface area contributed by atoms with Crippen LogP contribution in [0.25, 0.3) is 0 Å². The van der Waals surface area contributed by atoms with Crippen LogP contribution in [0.5, 0.6) is 0 Å². The van der Waals surface area contributed by atoms with Gasteiger partial charge in [0.05, 0.1) is 12.5 Å². The summed E-state index contributed by atoms with van der Waals surface area (Å²) in [6, 6.07) is 1.85. The van der Waals surface area contributed by atoms with Gasteiger partial charge in [-0.1, -0.05) is 12.2 Å². The zero-order valence-electron chi connectivity index (χ0n) is 11.0. The van der Waals surface area contributed by atoms with Gasteiger partial charge < -0.3 is 15.2 Å². The Kier molecular flexibility index (Phi) is 5.37. The first-order valence-corrected chi connectivity index (χ1v) is 5.40. The molecule has 6 nitrogen and oxygen atoms in total. The number of aliphatic carboxylic acids is 1. The summed E-state index contributed by atoms with van der Waals surface area (Å²) in [5.41, 5.74) is -2.31. The normalized spacial score (nSPS) is 14.6. The Morgan fingerprint density at radius 1 is 1.39 bits per heavy atom. The van der Waals surface area contributed by atoms with Crippen molar-refractivity contribution in [1.82, 2.24) is 5.32 Å². The zero-order chi connectivity index (χ0) is 14.4. The standard InChI is InChI=1S/C12H18N2O4/c1-11(2,3)18-10(17)14-12(4,9(15)16)7-5-6-8-13/h5,7H,6H2,1-4H3,(H,14,17)(H,15,16). The summed E-state index contributed by atoms with van der Waals surface area (Å²) in [4.78, 5) is 22.6. The van der Waals surface area contributed by atoms with Crippen molar-refractivity contribution in [3.63, 3.8) is 0 Å². The highest BCUT2D eigenvalue weighted by Crippen LogP contribution is 2.11. The second-order valence-electron chi connectivity index (χ2n) is 4.90. The summed E-state index contributed by atoms with van der Waals surface area (Å²) in [5, 5.41) is 19.7. The number of nitrogens with zero attached hydrogens (tertiary/aromatic N) is 1. The molecule has 0 aliphatic heterocycles. The van der Waals surface area contributed by atoms with Crippen molar-refractivity contribution in [2.24, 2.45) is 0 Å². The lowest BCUT2D eigenvalue weighted by molar-refractivity contribution is -0.142. The van der Waals surface area contributed by atoms with Gasteiger partial charge in [0.25, 0.3) is 0 Å². The van der Waals surface area contributed by atoms with Crippen LogP contribution in [0.4, 0.5) is 4.79 Å². The van der Waals surface area contributed by atoms with Gasteiger partial charge in [0.15, 0.2) is 5.54 Å². The van der Waals surface area contributed by atoms with E-state index in [1.807, 2.05) is 6.07 Å². The SMILES string of the molecule is CC(C)(C)OC(=O)NC(C)(C=CCC#N)C(=O)O. The van der Waals surface area contributed by atoms with Gasteiger partial charge in [-0.3, -0.25) is 0 Å². The highest BCUT2D eigenvalue weighted by molar-refractivity contribution is 5.86. The summed E-state index contributed by atoms with van der Waals surface area (Å²) >= 11 is 0. The molecule has 1 unspecified atom stereocenters. The fourth-order valence-electron chi connectivity index (χ4n) is 1.03. The number of carboxylic acids is 1. The molecule has 0 aliphatic rings. The van der Waals surface area contributed by atoms with Crippen molar-refractivity contribution in [3.8, 4) is 6.07 Å². The molecule has 100 valence electrons. The molecule has 18 heavy (non-hydrogen) atoms. The molecule has 0 saturated heterocycles. The van der Waals surface area contributed by atoms with Gasteiger partial charge in [-0.2, -0.15) is 5.26 Å². The lowest BCUT2D eigenvalue weighted by atomic mass is 10.0. The van der Waals surface area contributed by atoms with Gasteiger partial charge in [-0.05, 0) is 27.7 Å². The molecule has 2 N–H and O–H groups in total. The maximum atomic E-state index is 11.5. The number of carbonyl (C=O) groups is 2. The lowest BCUT2D eigenvalue weighted by Crippen LogP contribution is -2.52. The summed E-state index contributed by atoms with van der Waals surface area (Å²) in [7, 11) is 0. The minimum absolute atomic E-state index is 0.0683. The topological polar surface area (TPSA) is 99.4 Å². The van der Waals surface area contributed by atoms with E-state index in [1.54, 1.807) is 20.8 Å². The largest absolute Gasteiger partial charge is 0.479 e. The van der Waals surface area contributed by atoms with Crippen molar-refractivity contribution in [1.29, 1.82) is 5.26 Å². The van der Waals surface area contributed by atoms with Crippen LogP contribution in [0.3, 0.4) is 0 Å². The van der Waals surface area contributed by atoms with Gasteiger partial charge in [0.2, 0.25) is 0 Å². The Balaban J connectivity index is 4.78. The van der Waals surface area contributed by atoms with Crippen molar-refractivity contribution < 1.29 is 19.4 Å². The number of amides is 1. The van der Waals surface area contributed by atoms with Crippen LogP contribution in [0.2, 0.25) is 0 Å². The molecule has 0 fully saturated rings. The molecule has 0 rings (SSSR count). The number of carbonyl (C=O) groups excluding carboxylic acids is 1. The molecule has 0 heterocycles. The molecular weight excluding hydrogens is 236 g/mol. The number of rotatable bonds is 4. The molecule has 6 heteroatoms. The van der Waals surface area contributed by atoms with E-state index in [-0.39, 0.29) is 6.42 Å². The second-order valence-corrected chi connectivity index (χ2v) is 4.90. The van der Waals surface area contributed by atoms with Gasteiger partial charge in [0.1, 0.15) is 5.60 Å². The van der Waals surface area contributed by atoms with E-state index in [0.717, 1.165) is 0 Å². The third-order valence-corrected chi connectivity index (χ3v) is 1.87. The number of allylic oxidation sites excluding steroid dienone is 1. The predicted molar refractivity (Wildman–Crippen MR) is 64.8 cm³/mol. The zero-order valence-corrected chi connectivity index (χ0v) is 11.0. The first-order chi connectivity index (χ1) is 8.10. The van der Waals surface area contributed by atoms with Crippen molar-refractivity contribution in [3.05, 3.63) is 12.2 Å². The molecule has 1 atom stereocenters. The van der Waals surface area contributed by atoms with Crippen LogP contribution in [0, 0.1) is 11.3 Å². The fraction of sp³-hybridized carbons (Fsp3) is 0.583. The van der Waals surface area contributed by atoms with Gasteiger partial charge in [-0.25, -0.2) is 9.59 Å². The summed E-state index contributed by atoms with van der Waals surface area (Å²) in [6.07, 6.45) is 1.88. The number of carboxylic acid groups (broad SMARTS) is 1. The Morgan fingerprint density at radius 2 is 1.94 bits per heavy atom. The predicted octanol–water partition coefficient (Wildman–Crippen LogP) is 1.82. The van der Waals surface area contributed by atoms with Crippen LogP contribution in [0.1, 0.15) is 34.1 Å². The molecule has 0 bridgehead atoms. The van der Waals surface area contributed by atoms with E-state index in [2.05, 4.69) is 5.32 Å². The van der Waals surface area contributed by atoms with Gasteiger partial charge in [0, 0.05) is 0 Å². The monoisotopic (exact) mass is 254 g/mol. The molecule has 1 amide bonds. The van der Waals surface area contributed by atoms with Crippen LogP contribution < -0.4 is 5.32 Å². The van der Waals surface area contributed by atoms with E-state index in [9.17, 15) is 9.59 Å². The fourth-order valence-corrected chi connectivity index (χ4v) is 1.03. The molecule has 0 spiro atoms. The second kappa shape index (κ2) is 6.05. The highest BCUT2D eigenvalue weighted by Gasteiger charge is 2.33. The summed E-state index contributed by atoms with van der Waals surface area (Å²) in [6.45, 7) is 6.34. The van der Waals surface area contributed by atoms with Gasteiger partial charge >= 0.3 is 12.1 Å². The van der Waals surface area contributed by atoms with E-state index in [4.69, 9.17) is 15.1 Å². The number of hydrogen-bond acceptors (Lipinski definition) is 4. The number of nitrogens with one attached hydrogen (secondary N) is 1. The average Bonchev–Trinajstić information content (AvgIpc) is 2.14. The third kappa shape index (κ3) is 5.89. The molecular formula is C12H18N2O4. The minimum Gasteiger partial charge on any atom is -0.479 e. The molecule has 0 aromatic carbocycles. The van der Waals surface area contributed by atoms with E-state index < -0.39 is 23.2 Å². The van der Waals surface area contributed by atoms with Crippen molar-refractivity contribution in [2.75, 3.05) is 0 Å². The molecule has 0 saturated carbocycles. The van der Waals surface area contributed by atoms with E-state index >= 15 is 0 Å².